The number of nitrogens with one attached hydrogen (secondary N) is 1. The van der Waals surface area contributed by atoms with Crippen LogP contribution in [0.5, 0.6) is 0 Å². The number of rotatable bonds is 4. The minimum absolute atomic E-state index is 0.336. The average molecular weight is 202 g/mol. The van der Waals surface area contributed by atoms with Crippen LogP contribution in [-0.4, -0.2) is 6.29 Å². The second-order valence-electron chi connectivity index (χ2n) is 3.76. The fraction of sp³-hybridized carbons (Fsp3) is 0.250. The predicted molar refractivity (Wildman–Crippen MR) is 57.6 cm³/mol. The number of aldehydes is 1. The van der Waals surface area contributed by atoms with Gasteiger partial charge in [0, 0.05) is 16.2 Å². The minimum Gasteiger partial charge on any atom is -0.298 e. The maximum Gasteiger partial charge on any atom is 0.264 e. The third-order valence-corrected chi connectivity index (χ3v) is 2.50. The van der Waals surface area contributed by atoms with Gasteiger partial charge in [-0.25, -0.2) is 0 Å². The van der Waals surface area contributed by atoms with Gasteiger partial charge in [0.15, 0.2) is 6.29 Å². The van der Waals surface area contributed by atoms with Crippen molar-refractivity contribution in [1.29, 1.82) is 0 Å². The lowest BCUT2D eigenvalue weighted by Crippen LogP contribution is -2.56. The van der Waals surface area contributed by atoms with Crippen LogP contribution in [0.3, 0.4) is 0 Å². The Balaban J connectivity index is 2.24. The van der Waals surface area contributed by atoms with Gasteiger partial charge < -0.3 is 0 Å². The lowest BCUT2D eigenvalue weighted by Gasteiger charge is -1.93. The molecule has 1 N–H and O–H groups in total. The van der Waals surface area contributed by atoms with E-state index >= 15 is 0 Å². The van der Waals surface area contributed by atoms with E-state index in [0.717, 1.165) is 5.56 Å². The fourth-order valence-electron chi connectivity index (χ4n) is 1.40. The van der Waals surface area contributed by atoms with Gasteiger partial charge in [-0.2, -0.15) is 0 Å². The van der Waals surface area contributed by atoms with E-state index in [1.807, 2.05) is 12.1 Å². The molecule has 0 spiro atoms. The van der Waals surface area contributed by atoms with E-state index in [1.54, 1.807) is 17.3 Å². The zero-order valence-corrected chi connectivity index (χ0v) is 8.27. The fourth-order valence-corrected chi connectivity index (χ4v) is 1.40. The number of hydrogen-bond donors (Lipinski definition) is 1. The summed E-state index contributed by atoms with van der Waals surface area (Å²) in [6.45, 7) is 0. The number of carbonyl (C=O) groups excluding carboxylic acids is 1. The van der Waals surface area contributed by atoms with Gasteiger partial charge in [-0.1, -0.05) is 18.2 Å². The Hall–Kier alpha value is -1.77. The van der Waals surface area contributed by atoms with Gasteiger partial charge in [-0.15, -0.1) is 0 Å². The molecule has 1 aliphatic carbocycles. The SMILES string of the molecule is O=Cc1ccc(/C=C/C2CC2)cc1[NH+]=O. The van der Waals surface area contributed by atoms with Crippen molar-refractivity contribution >= 4 is 18.0 Å². The third kappa shape index (κ3) is 2.37. The highest BCUT2D eigenvalue weighted by molar-refractivity contribution is 5.82. The summed E-state index contributed by atoms with van der Waals surface area (Å²) >= 11 is 0. The van der Waals surface area contributed by atoms with Crippen LogP contribution in [-0.2, 0) is 0 Å². The van der Waals surface area contributed by atoms with Gasteiger partial charge in [0.05, 0.1) is 5.56 Å². The maximum absolute atomic E-state index is 10.6. The molecule has 0 atom stereocenters. The van der Waals surface area contributed by atoms with Crippen LogP contribution < -0.4 is 5.18 Å². The van der Waals surface area contributed by atoms with Crippen molar-refractivity contribution in [3.63, 3.8) is 0 Å². The normalized spacial score (nSPS) is 15.5. The number of hydrogen-bond acceptors (Lipinski definition) is 2. The Labute approximate surface area is 87.8 Å². The zero-order chi connectivity index (χ0) is 10.7. The molecule has 3 nitrogen and oxygen atoms in total. The Bertz CT molecular complexity index is 420. The molecule has 0 unspecified atom stereocenters. The third-order valence-electron chi connectivity index (χ3n) is 2.50. The number of carbonyl (C=O) groups is 1. The van der Waals surface area contributed by atoms with Crippen molar-refractivity contribution in [2.45, 2.75) is 12.8 Å². The molecule has 1 aliphatic rings. The first-order chi connectivity index (χ1) is 7.33. The first-order valence-corrected chi connectivity index (χ1v) is 4.99. The highest BCUT2D eigenvalue weighted by Gasteiger charge is 2.17. The van der Waals surface area contributed by atoms with Crippen molar-refractivity contribution in [1.82, 2.24) is 0 Å². The summed E-state index contributed by atoms with van der Waals surface area (Å²) in [5.74, 6) is 0.708. The molecule has 0 aliphatic heterocycles. The molecule has 1 aromatic carbocycles. The summed E-state index contributed by atoms with van der Waals surface area (Å²) in [5.41, 5.74) is 1.68. The average Bonchev–Trinajstić information content (AvgIpc) is 3.09. The van der Waals surface area contributed by atoms with Gasteiger partial charge in [0.1, 0.15) is 0 Å². The molecule has 0 heterocycles. The largest absolute Gasteiger partial charge is 0.298 e. The molecule has 1 aromatic rings. The molecule has 0 radical (unpaired) electrons. The summed E-state index contributed by atoms with van der Waals surface area (Å²) in [6, 6.07) is 5.18. The molecule has 3 heteroatoms. The molecule has 0 bridgehead atoms. The first kappa shape index (κ1) is 9.77. The predicted octanol–water partition coefficient (Wildman–Crippen LogP) is 1.40. The molecule has 0 amide bonds. The molecule has 2 rings (SSSR count). The maximum atomic E-state index is 10.6. The van der Waals surface area contributed by atoms with Crippen molar-refractivity contribution in [3.8, 4) is 0 Å². The summed E-state index contributed by atoms with van der Waals surface area (Å²) in [4.78, 5) is 21.2. The number of nitroso groups, excluding NO2 is 1. The van der Waals surface area contributed by atoms with Crippen LogP contribution in [0.1, 0.15) is 28.8 Å². The van der Waals surface area contributed by atoms with E-state index < -0.39 is 0 Å². The lowest BCUT2D eigenvalue weighted by atomic mass is 10.1. The van der Waals surface area contributed by atoms with Gasteiger partial charge in [0.25, 0.3) is 5.69 Å². The van der Waals surface area contributed by atoms with E-state index in [0.29, 0.717) is 23.5 Å². The van der Waals surface area contributed by atoms with Crippen LogP contribution in [0.15, 0.2) is 24.3 Å². The standard InChI is InChI=1S/C12H11NO2/c14-8-11-6-5-10(7-12(11)13-15)4-3-9-1-2-9/h3-9H,1-2H2/p+1/b4-3+. The highest BCUT2D eigenvalue weighted by atomic mass is 16.3. The molecule has 0 aromatic heterocycles. The van der Waals surface area contributed by atoms with Crippen molar-refractivity contribution in [2.75, 3.05) is 0 Å². The molecule has 15 heavy (non-hydrogen) atoms. The first-order valence-electron chi connectivity index (χ1n) is 4.99. The van der Waals surface area contributed by atoms with E-state index in [2.05, 4.69) is 6.08 Å². The Morgan fingerprint density at radius 1 is 1.33 bits per heavy atom. The number of allylic oxidation sites excluding steroid dienone is 1. The number of benzene rings is 1. The molecule has 76 valence electrons. The van der Waals surface area contributed by atoms with Crippen LogP contribution in [0.4, 0.5) is 5.69 Å². The van der Waals surface area contributed by atoms with Gasteiger partial charge >= 0.3 is 0 Å². The van der Waals surface area contributed by atoms with E-state index in [-0.39, 0.29) is 0 Å². The molecule has 1 saturated carbocycles. The Morgan fingerprint density at radius 2 is 2.13 bits per heavy atom. The topological polar surface area (TPSA) is 48.1 Å². The van der Waals surface area contributed by atoms with E-state index in [4.69, 9.17) is 0 Å². The van der Waals surface area contributed by atoms with Crippen LogP contribution in [0.25, 0.3) is 6.08 Å². The Kier molecular flexibility index (Phi) is 2.72. The molecular weight excluding hydrogens is 190 g/mol. The minimum atomic E-state index is 0.336. The van der Waals surface area contributed by atoms with Crippen molar-refractivity contribution < 1.29 is 9.97 Å². The van der Waals surface area contributed by atoms with Gasteiger partial charge in [0.2, 0.25) is 0 Å². The van der Waals surface area contributed by atoms with E-state index in [9.17, 15) is 9.70 Å². The zero-order valence-electron chi connectivity index (χ0n) is 8.27. The van der Waals surface area contributed by atoms with Crippen LogP contribution >= 0.6 is 0 Å². The lowest BCUT2D eigenvalue weighted by molar-refractivity contribution is -0.379. The second kappa shape index (κ2) is 4.17. The van der Waals surface area contributed by atoms with Gasteiger partial charge in [-0.3, -0.25) is 4.79 Å². The Morgan fingerprint density at radius 3 is 2.73 bits per heavy atom. The van der Waals surface area contributed by atoms with Crippen LogP contribution in [0, 0.1) is 10.8 Å². The quantitative estimate of drug-likeness (QED) is 0.750. The summed E-state index contributed by atoms with van der Waals surface area (Å²) < 4.78 is 0. The van der Waals surface area contributed by atoms with Crippen molar-refractivity contribution in [2.24, 2.45) is 5.92 Å². The van der Waals surface area contributed by atoms with Crippen molar-refractivity contribution in [3.05, 3.63) is 40.3 Å². The summed E-state index contributed by atoms with van der Waals surface area (Å²) in [7, 11) is 0. The van der Waals surface area contributed by atoms with Crippen LogP contribution in [0.2, 0.25) is 0 Å². The molecular formula is C12H12NO2+. The molecule has 0 saturated heterocycles. The molecule has 1 fully saturated rings. The monoisotopic (exact) mass is 202 g/mol. The summed E-state index contributed by atoms with van der Waals surface area (Å²) in [5, 5.41) is 1.78. The second-order valence-corrected chi connectivity index (χ2v) is 3.76. The van der Waals surface area contributed by atoms with Gasteiger partial charge in [-0.05, 0) is 30.4 Å². The highest BCUT2D eigenvalue weighted by Crippen LogP contribution is 2.30. The summed E-state index contributed by atoms with van der Waals surface area (Å²) in [6.07, 6.45) is 7.33. The van der Waals surface area contributed by atoms with E-state index in [1.165, 1.54) is 12.8 Å². The smallest absolute Gasteiger partial charge is 0.264 e.